The molecule has 1 aromatic carbocycles. The fourth-order valence-corrected chi connectivity index (χ4v) is 2.85. The zero-order chi connectivity index (χ0) is 17.4. The maximum Gasteiger partial charge on any atom is 0.495 e. The molecule has 0 aromatic heterocycles. The maximum atomic E-state index is 8.60. The van der Waals surface area contributed by atoms with Gasteiger partial charge < -0.3 is 15.0 Å². The average molecular weight is 316 g/mol. The van der Waals surface area contributed by atoms with Crippen molar-refractivity contribution < 1.29 is 9.31 Å². The van der Waals surface area contributed by atoms with Gasteiger partial charge in [-0.15, -0.1) is 0 Å². The van der Waals surface area contributed by atoms with E-state index in [-0.39, 0.29) is 0 Å². The van der Waals surface area contributed by atoms with E-state index >= 15 is 0 Å². The van der Waals surface area contributed by atoms with Crippen molar-refractivity contribution in [1.82, 2.24) is 0 Å². The van der Waals surface area contributed by atoms with Gasteiger partial charge in [0.15, 0.2) is 0 Å². The van der Waals surface area contributed by atoms with Crippen LogP contribution in [0.2, 0.25) is 0 Å². The first kappa shape index (κ1) is 17.8. The highest BCUT2D eigenvalue weighted by molar-refractivity contribution is 6.63. The summed E-state index contributed by atoms with van der Waals surface area (Å²) in [7, 11) is -0.448. The number of benzene rings is 1. The Balaban J connectivity index is 2.56. The van der Waals surface area contributed by atoms with E-state index in [1.807, 2.05) is 47.6 Å². The van der Waals surface area contributed by atoms with E-state index in [1.54, 1.807) is 0 Å². The Morgan fingerprint density at radius 1 is 1.13 bits per heavy atom. The first-order valence-electron chi connectivity index (χ1n) is 7.83. The second kappa shape index (κ2) is 6.17. The minimum absolute atomic E-state index is 0.294. The van der Waals surface area contributed by atoms with Crippen LogP contribution in [-0.4, -0.2) is 18.3 Å². The third-order valence-corrected chi connectivity index (χ3v) is 5.13. The summed E-state index contributed by atoms with van der Waals surface area (Å²) in [5.74, 6) is 0. The highest BCUT2D eigenvalue weighted by Gasteiger charge is 2.52. The van der Waals surface area contributed by atoms with Gasteiger partial charge in [-0.3, -0.25) is 0 Å². The predicted octanol–water partition coefficient (Wildman–Crippen LogP) is 2.87. The topological polar surface area (TPSA) is 93.2 Å². The Labute approximate surface area is 138 Å². The molecule has 0 bridgehead atoms. The van der Waals surface area contributed by atoms with Gasteiger partial charge in [0.2, 0.25) is 0 Å². The summed E-state index contributed by atoms with van der Waals surface area (Å²) in [4.78, 5) is 2.85. The van der Waals surface area contributed by atoms with Crippen molar-refractivity contribution in [3.63, 3.8) is 0 Å². The van der Waals surface area contributed by atoms with Crippen molar-refractivity contribution in [2.45, 2.75) is 65.8 Å². The summed E-state index contributed by atoms with van der Waals surface area (Å²) in [6, 6.07) is 2.01. The van der Waals surface area contributed by atoms with Crippen molar-refractivity contribution in [2.75, 3.05) is 0 Å². The number of azide groups is 1. The summed E-state index contributed by atoms with van der Waals surface area (Å²) in [6.07, 6.45) is 0. The Morgan fingerprint density at radius 3 is 2.13 bits per heavy atom. The predicted molar refractivity (Wildman–Crippen MR) is 92.4 cm³/mol. The molecule has 0 radical (unpaired) electrons. The minimum atomic E-state index is -0.448. The highest BCUT2D eigenvalue weighted by atomic mass is 16.7. The lowest BCUT2D eigenvalue weighted by Gasteiger charge is -2.32. The molecule has 1 saturated heterocycles. The van der Waals surface area contributed by atoms with Gasteiger partial charge in [-0.25, -0.2) is 0 Å². The molecule has 0 saturated carbocycles. The van der Waals surface area contributed by atoms with E-state index in [1.165, 1.54) is 0 Å². The van der Waals surface area contributed by atoms with Gasteiger partial charge >= 0.3 is 7.12 Å². The minimum Gasteiger partial charge on any atom is -0.399 e. The third kappa shape index (κ3) is 3.10. The molecule has 1 aliphatic heterocycles. The molecule has 7 heteroatoms. The molecule has 0 atom stereocenters. The summed E-state index contributed by atoms with van der Waals surface area (Å²) in [6.45, 7) is 12.9. The second-order valence-electron chi connectivity index (χ2n) is 7.04. The number of nitrogens with two attached hydrogens (primary N) is 1. The van der Waals surface area contributed by atoms with Gasteiger partial charge in [0.25, 0.3) is 0 Å². The van der Waals surface area contributed by atoms with Gasteiger partial charge in [-0.1, -0.05) is 11.2 Å². The molecular weight excluding hydrogens is 291 g/mol. The lowest BCUT2D eigenvalue weighted by molar-refractivity contribution is 0.00578. The molecule has 0 unspecified atom stereocenters. The third-order valence-electron chi connectivity index (χ3n) is 5.13. The molecule has 6 nitrogen and oxygen atoms in total. The summed E-state index contributed by atoms with van der Waals surface area (Å²) < 4.78 is 12.4. The van der Waals surface area contributed by atoms with E-state index < -0.39 is 18.3 Å². The summed E-state index contributed by atoms with van der Waals surface area (Å²) in [5.41, 5.74) is 18.8. The van der Waals surface area contributed by atoms with Crippen molar-refractivity contribution in [3.8, 4) is 0 Å². The first-order valence-corrected chi connectivity index (χ1v) is 7.83. The van der Waals surface area contributed by atoms with E-state index in [4.69, 9.17) is 20.6 Å². The van der Waals surface area contributed by atoms with Gasteiger partial charge in [0.1, 0.15) is 0 Å². The fourth-order valence-electron chi connectivity index (χ4n) is 2.85. The number of rotatable bonds is 4. The van der Waals surface area contributed by atoms with E-state index in [2.05, 4.69) is 10.0 Å². The van der Waals surface area contributed by atoms with Crippen LogP contribution < -0.4 is 11.2 Å². The maximum absolute atomic E-state index is 8.60. The molecule has 124 valence electrons. The van der Waals surface area contributed by atoms with Crippen molar-refractivity contribution in [1.29, 1.82) is 0 Å². The molecule has 1 aromatic rings. The smallest absolute Gasteiger partial charge is 0.399 e. The number of hydrogen-bond acceptors (Lipinski definition) is 4. The molecule has 0 amide bonds. The average Bonchev–Trinajstić information content (AvgIpc) is 2.66. The van der Waals surface area contributed by atoms with Crippen LogP contribution in [0, 0.1) is 13.8 Å². The molecule has 0 spiro atoms. The Hall–Kier alpha value is -1.53. The molecule has 23 heavy (non-hydrogen) atoms. The van der Waals surface area contributed by atoms with Gasteiger partial charge in [0, 0.05) is 11.5 Å². The molecule has 2 N–H and O–H groups in total. The SMILES string of the molecule is Cc1c(CN)cc(CN=[N+]=[N-])c(C)c1B1OC(C)(C)C(C)(C)O1. The van der Waals surface area contributed by atoms with Crippen LogP contribution in [0.4, 0.5) is 0 Å². The zero-order valence-corrected chi connectivity index (χ0v) is 14.8. The molecule has 2 rings (SSSR count). The first-order chi connectivity index (χ1) is 10.6. The molecular formula is C16H25BN4O2. The van der Waals surface area contributed by atoms with Crippen molar-refractivity contribution in [2.24, 2.45) is 10.8 Å². The summed E-state index contributed by atoms with van der Waals surface area (Å²) in [5, 5.41) is 3.69. The van der Waals surface area contributed by atoms with Crippen LogP contribution in [0.15, 0.2) is 11.2 Å². The standard InChI is InChI=1S/C16H25BN4O2/c1-10-12(8-18)7-13(9-20-21-19)11(2)14(10)17-22-15(3,4)16(5,6)23-17/h7H,8-9,18H2,1-6H3. The normalized spacial score (nSPS) is 18.8. The number of hydrogen-bond donors (Lipinski definition) is 1. The largest absolute Gasteiger partial charge is 0.495 e. The zero-order valence-electron chi connectivity index (χ0n) is 14.8. The van der Waals surface area contributed by atoms with E-state index in [0.717, 1.165) is 27.7 Å². The molecule has 1 fully saturated rings. The monoisotopic (exact) mass is 316 g/mol. The van der Waals surface area contributed by atoms with Crippen LogP contribution in [0.5, 0.6) is 0 Å². The van der Waals surface area contributed by atoms with Crippen LogP contribution >= 0.6 is 0 Å². The summed E-state index contributed by atoms with van der Waals surface area (Å²) >= 11 is 0. The van der Waals surface area contributed by atoms with Crippen LogP contribution in [-0.2, 0) is 22.4 Å². The lowest BCUT2D eigenvalue weighted by Crippen LogP contribution is -2.41. The van der Waals surface area contributed by atoms with Crippen LogP contribution in [0.1, 0.15) is 49.9 Å². The lowest BCUT2D eigenvalue weighted by atomic mass is 9.71. The highest BCUT2D eigenvalue weighted by Crippen LogP contribution is 2.37. The molecule has 1 aliphatic rings. The number of nitrogens with zero attached hydrogens (tertiary/aromatic N) is 3. The van der Waals surface area contributed by atoms with E-state index in [9.17, 15) is 0 Å². The Kier molecular flexibility index (Phi) is 4.78. The van der Waals surface area contributed by atoms with Gasteiger partial charge in [-0.05, 0) is 74.8 Å². The second-order valence-corrected chi connectivity index (χ2v) is 7.04. The Morgan fingerprint density at radius 2 is 1.65 bits per heavy atom. The van der Waals surface area contributed by atoms with Crippen LogP contribution in [0.3, 0.4) is 0 Å². The quantitative estimate of drug-likeness (QED) is 0.400. The van der Waals surface area contributed by atoms with E-state index in [0.29, 0.717) is 13.1 Å². The van der Waals surface area contributed by atoms with Crippen molar-refractivity contribution >= 4 is 12.6 Å². The molecule has 1 heterocycles. The van der Waals surface area contributed by atoms with Crippen molar-refractivity contribution in [3.05, 3.63) is 38.8 Å². The van der Waals surface area contributed by atoms with Gasteiger partial charge in [0.05, 0.1) is 17.7 Å². The van der Waals surface area contributed by atoms with Gasteiger partial charge in [-0.2, -0.15) is 0 Å². The fraction of sp³-hybridized carbons (Fsp3) is 0.625. The Bertz CT molecular complexity index is 651. The molecule has 0 aliphatic carbocycles. The van der Waals surface area contributed by atoms with Crippen LogP contribution in [0.25, 0.3) is 10.4 Å².